The zero-order chi connectivity index (χ0) is 8.20. The second-order valence-corrected chi connectivity index (χ2v) is 4.76. The monoisotopic (exact) mass is 164 g/mol. The Kier molecular flexibility index (Phi) is 3.35. The number of carbonyl (C=O) groups is 1. The van der Waals surface area contributed by atoms with Crippen LogP contribution >= 0.6 is 0 Å². The fraction of sp³-hybridized carbons (Fsp3) is 0.800. The van der Waals surface area contributed by atoms with E-state index in [1.807, 2.05) is 0 Å². The number of nitrogens with zero attached hydrogens (tertiary/aromatic N) is 1. The summed E-state index contributed by atoms with van der Waals surface area (Å²) in [5, 5.41) is 2.38. The molecular weight excluding hydrogens is 152 g/mol. The van der Waals surface area contributed by atoms with E-state index < -0.39 is 9.73 Å². The molecule has 0 aliphatic heterocycles. The molecule has 0 rings (SSSR count). The summed E-state index contributed by atoms with van der Waals surface area (Å²) in [6.45, 7) is -0.0116. The molecule has 10 heavy (non-hydrogen) atoms. The molecule has 5 heteroatoms. The SMILES string of the molecule is CNC(=O)CN=S(C)(C)=O. The van der Waals surface area contributed by atoms with Crippen molar-refractivity contribution in [2.24, 2.45) is 4.36 Å². The smallest absolute Gasteiger partial charge is 0.242 e. The molecule has 0 fully saturated rings. The van der Waals surface area contributed by atoms with Crippen molar-refractivity contribution in [2.45, 2.75) is 0 Å². The number of rotatable bonds is 2. The molecule has 0 aliphatic rings. The van der Waals surface area contributed by atoms with Gasteiger partial charge in [0.2, 0.25) is 5.91 Å². The van der Waals surface area contributed by atoms with Gasteiger partial charge in [-0.1, -0.05) is 0 Å². The van der Waals surface area contributed by atoms with E-state index in [0.29, 0.717) is 0 Å². The van der Waals surface area contributed by atoms with Gasteiger partial charge >= 0.3 is 0 Å². The number of hydrogen-bond donors (Lipinski definition) is 1. The minimum atomic E-state index is -2.12. The van der Waals surface area contributed by atoms with Gasteiger partial charge in [0.25, 0.3) is 0 Å². The van der Waals surface area contributed by atoms with Gasteiger partial charge in [0.15, 0.2) is 0 Å². The van der Waals surface area contributed by atoms with Gasteiger partial charge in [-0.15, -0.1) is 0 Å². The topological polar surface area (TPSA) is 58.5 Å². The van der Waals surface area contributed by atoms with Crippen molar-refractivity contribution in [3.05, 3.63) is 0 Å². The van der Waals surface area contributed by atoms with E-state index in [-0.39, 0.29) is 12.5 Å². The third-order valence-corrected chi connectivity index (χ3v) is 1.55. The predicted molar refractivity (Wildman–Crippen MR) is 41.4 cm³/mol. The zero-order valence-electron chi connectivity index (χ0n) is 6.38. The molecule has 0 saturated heterocycles. The maximum absolute atomic E-state index is 10.9. The Labute approximate surface area is 61.2 Å². The quantitative estimate of drug-likeness (QED) is 0.596. The average molecular weight is 164 g/mol. The molecule has 4 nitrogen and oxygen atoms in total. The average Bonchev–Trinajstić information content (AvgIpc) is 1.81. The standard InChI is InChI=1S/C5H12N2O2S/c1-6-5(8)4-7-10(2,3)9/h4H2,1-3H3,(H,6,8). The Morgan fingerprint density at radius 3 is 2.40 bits per heavy atom. The Hall–Kier alpha value is -0.580. The third-order valence-electron chi connectivity index (χ3n) is 0.798. The Bertz CT molecular complexity index is 220. The molecule has 0 spiro atoms. The Morgan fingerprint density at radius 2 is 2.10 bits per heavy atom. The minimum Gasteiger partial charge on any atom is -0.358 e. The maximum Gasteiger partial charge on any atom is 0.242 e. The molecule has 0 heterocycles. The molecule has 0 unspecified atom stereocenters. The van der Waals surface area contributed by atoms with Crippen LogP contribution in [-0.2, 0) is 14.5 Å². The van der Waals surface area contributed by atoms with Crippen LogP contribution in [-0.4, -0.2) is 36.2 Å². The van der Waals surface area contributed by atoms with E-state index >= 15 is 0 Å². The molecule has 0 aromatic carbocycles. The first kappa shape index (κ1) is 9.42. The van der Waals surface area contributed by atoms with E-state index in [1.165, 1.54) is 19.6 Å². The number of hydrogen-bond acceptors (Lipinski definition) is 3. The summed E-state index contributed by atoms with van der Waals surface area (Å²) >= 11 is 0. The summed E-state index contributed by atoms with van der Waals surface area (Å²) in [6, 6.07) is 0. The van der Waals surface area contributed by atoms with Crippen LogP contribution in [0.3, 0.4) is 0 Å². The van der Waals surface area contributed by atoms with Crippen LogP contribution in [0.2, 0.25) is 0 Å². The summed E-state index contributed by atoms with van der Waals surface area (Å²) in [4.78, 5) is 10.5. The first-order valence-corrected chi connectivity index (χ1v) is 5.12. The third kappa shape index (κ3) is 5.55. The van der Waals surface area contributed by atoms with Crippen LogP contribution in [0.5, 0.6) is 0 Å². The van der Waals surface area contributed by atoms with Crippen LogP contribution < -0.4 is 5.32 Å². The molecule has 0 atom stereocenters. The fourth-order valence-corrected chi connectivity index (χ4v) is 0.721. The second-order valence-electron chi connectivity index (χ2n) is 2.14. The van der Waals surface area contributed by atoms with Gasteiger partial charge < -0.3 is 5.32 Å². The number of likely N-dealkylation sites (N-methyl/N-ethyl adjacent to an activating group) is 1. The summed E-state index contributed by atoms with van der Waals surface area (Å²) in [7, 11) is -0.596. The van der Waals surface area contributed by atoms with Gasteiger partial charge in [0.05, 0.1) is 0 Å². The van der Waals surface area contributed by atoms with Crippen molar-refractivity contribution in [3.8, 4) is 0 Å². The lowest BCUT2D eigenvalue weighted by Crippen LogP contribution is -2.21. The Balaban J connectivity index is 3.99. The van der Waals surface area contributed by atoms with Gasteiger partial charge in [-0.05, 0) is 0 Å². The highest BCUT2D eigenvalue weighted by Crippen LogP contribution is 1.82. The van der Waals surface area contributed by atoms with Crippen LogP contribution in [0.25, 0.3) is 0 Å². The first-order valence-electron chi connectivity index (χ1n) is 2.79. The van der Waals surface area contributed by atoms with Gasteiger partial charge in [-0.25, -0.2) is 4.36 Å². The zero-order valence-corrected chi connectivity index (χ0v) is 7.20. The molecule has 0 saturated carbocycles. The molecule has 0 bridgehead atoms. The van der Waals surface area contributed by atoms with Crippen molar-refractivity contribution < 1.29 is 9.00 Å². The molecule has 0 aromatic heterocycles. The van der Waals surface area contributed by atoms with E-state index in [2.05, 4.69) is 9.68 Å². The molecular formula is C5H12N2O2S. The van der Waals surface area contributed by atoms with Crippen molar-refractivity contribution in [1.29, 1.82) is 0 Å². The highest BCUT2D eigenvalue weighted by atomic mass is 32.2. The lowest BCUT2D eigenvalue weighted by molar-refractivity contribution is -0.119. The van der Waals surface area contributed by atoms with E-state index in [0.717, 1.165) is 0 Å². The highest BCUT2D eigenvalue weighted by Gasteiger charge is 1.95. The molecule has 1 amide bonds. The second kappa shape index (κ2) is 3.55. The molecule has 0 aromatic rings. The van der Waals surface area contributed by atoms with Gasteiger partial charge in [0.1, 0.15) is 6.54 Å². The first-order chi connectivity index (χ1) is 4.45. The van der Waals surface area contributed by atoms with Gasteiger partial charge in [-0.3, -0.25) is 9.00 Å². The van der Waals surface area contributed by atoms with Crippen molar-refractivity contribution in [1.82, 2.24) is 5.32 Å². The Morgan fingerprint density at radius 1 is 1.60 bits per heavy atom. The summed E-state index contributed by atoms with van der Waals surface area (Å²) < 4.78 is 14.5. The van der Waals surface area contributed by atoms with Gasteiger partial charge in [0, 0.05) is 29.3 Å². The minimum absolute atomic E-state index is 0.0116. The molecule has 60 valence electrons. The lowest BCUT2D eigenvalue weighted by Gasteiger charge is -1.94. The van der Waals surface area contributed by atoms with E-state index in [4.69, 9.17) is 0 Å². The number of nitrogens with one attached hydrogen (secondary N) is 1. The fourth-order valence-electron chi connectivity index (χ4n) is 0.293. The predicted octanol–water partition coefficient (Wildman–Crippen LogP) is -0.540. The largest absolute Gasteiger partial charge is 0.358 e. The van der Waals surface area contributed by atoms with E-state index in [9.17, 15) is 9.00 Å². The molecule has 0 radical (unpaired) electrons. The van der Waals surface area contributed by atoms with Crippen LogP contribution in [0.15, 0.2) is 4.36 Å². The van der Waals surface area contributed by atoms with Crippen molar-refractivity contribution in [3.63, 3.8) is 0 Å². The summed E-state index contributed by atoms with van der Waals surface area (Å²) in [5.41, 5.74) is 0. The number of amides is 1. The summed E-state index contributed by atoms with van der Waals surface area (Å²) in [5.74, 6) is -0.212. The van der Waals surface area contributed by atoms with Gasteiger partial charge in [-0.2, -0.15) is 0 Å². The summed E-state index contributed by atoms with van der Waals surface area (Å²) in [6.07, 6.45) is 2.99. The van der Waals surface area contributed by atoms with Crippen molar-refractivity contribution in [2.75, 3.05) is 26.1 Å². The van der Waals surface area contributed by atoms with Crippen molar-refractivity contribution >= 4 is 15.6 Å². The molecule has 1 N–H and O–H groups in total. The lowest BCUT2D eigenvalue weighted by atomic mass is 10.6. The number of carbonyl (C=O) groups excluding carboxylic acids is 1. The maximum atomic E-state index is 10.9. The molecule has 0 aliphatic carbocycles. The van der Waals surface area contributed by atoms with Crippen LogP contribution in [0.4, 0.5) is 0 Å². The van der Waals surface area contributed by atoms with Crippen LogP contribution in [0, 0.1) is 0 Å². The van der Waals surface area contributed by atoms with E-state index in [1.54, 1.807) is 0 Å². The normalized spacial score (nSPS) is 10.7. The van der Waals surface area contributed by atoms with Crippen LogP contribution in [0.1, 0.15) is 0 Å². The highest BCUT2D eigenvalue weighted by molar-refractivity contribution is 7.92.